The summed E-state index contributed by atoms with van der Waals surface area (Å²) in [4.78, 5) is 29.2. The van der Waals surface area contributed by atoms with Crippen LogP contribution in [0.5, 0.6) is 0 Å². The molecule has 1 amide bonds. The second-order valence-corrected chi connectivity index (χ2v) is 5.28. The number of amides is 1. The van der Waals surface area contributed by atoms with Crippen molar-refractivity contribution in [3.05, 3.63) is 18.5 Å². The van der Waals surface area contributed by atoms with Gasteiger partial charge in [-0.3, -0.25) is 9.59 Å². The Bertz CT molecular complexity index is 699. The number of nitrogens with zero attached hydrogens (tertiary/aromatic N) is 2. The number of rotatable bonds is 5. The molecule has 2 aromatic heterocycles. The van der Waals surface area contributed by atoms with Crippen molar-refractivity contribution >= 4 is 34.8 Å². The van der Waals surface area contributed by atoms with E-state index in [4.69, 9.17) is 0 Å². The molecule has 0 bridgehead atoms. The van der Waals surface area contributed by atoms with Crippen molar-refractivity contribution in [2.45, 2.75) is 12.8 Å². The van der Waals surface area contributed by atoms with Crippen LogP contribution in [0, 0.1) is 5.92 Å². The number of carboxylic acids is 1. The first-order valence-corrected chi connectivity index (χ1v) is 7.09. The van der Waals surface area contributed by atoms with Crippen LogP contribution in [-0.4, -0.2) is 45.6 Å². The van der Waals surface area contributed by atoms with Gasteiger partial charge in [0.15, 0.2) is 0 Å². The summed E-state index contributed by atoms with van der Waals surface area (Å²) in [5, 5.41) is 14.5. The van der Waals surface area contributed by atoms with Gasteiger partial charge in [0.25, 0.3) is 0 Å². The summed E-state index contributed by atoms with van der Waals surface area (Å²) in [6, 6.07) is 1.86. The van der Waals surface area contributed by atoms with Crippen molar-refractivity contribution in [1.29, 1.82) is 0 Å². The van der Waals surface area contributed by atoms with E-state index in [1.807, 2.05) is 11.1 Å². The van der Waals surface area contributed by atoms with Crippen LogP contribution >= 0.6 is 0 Å². The Hall–Kier alpha value is -2.61. The van der Waals surface area contributed by atoms with Gasteiger partial charge in [-0.25, -0.2) is 9.99 Å². The standard InChI is InChI=1S/C14H17N5O3/c20-8-17-11-6-16-13-10(3-4-15-13)12(11)18-19-5-1-2-9(7-19)14(21)22/h3-4,6,8-9H,1-2,5,7H2,(H,17,20)(H,21,22)(H2,15,16,18)/t9-/m0/s1. The summed E-state index contributed by atoms with van der Waals surface area (Å²) in [5.74, 6) is -1.16. The lowest BCUT2D eigenvalue weighted by molar-refractivity contribution is -0.143. The van der Waals surface area contributed by atoms with Gasteiger partial charge in [0.05, 0.1) is 23.5 Å². The summed E-state index contributed by atoms with van der Waals surface area (Å²) < 4.78 is 0. The maximum atomic E-state index is 11.2. The van der Waals surface area contributed by atoms with Crippen LogP contribution in [0.2, 0.25) is 0 Å². The minimum Gasteiger partial charge on any atom is -0.481 e. The number of carboxylic acid groups (broad SMARTS) is 1. The third kappa shape index (κ3) is 2.73. The molecule has 8 nitrogen and oxygen atoms in total. The molecule has 1 fully saturated rings. The van der Waals surface area contributed by atoms with Gasteiger partial charge in [0, 0.05) is 24.7 Å². The van der Waals surface area contributed by atoms with Crippen molar-refractivity contribution in [2.24, 2.45) is 5.92 Å². The number of hydrogen-bond acceptors (Lipinski definition) is 5. The second kappa shape index (κ2) is 6.02. The van der Waals surface area contributed by atoms with Gasteiger partial charge >= 0.3 is 5.97 Å². The molecule has 8 heteroatoms. The largest absolute Gasteiger partial charge is 0.481 e. The monoisotopic (exact) mass is 303 g/mol. The lowest BCUT2D eigenvalue weighted by atomic mass is 9.99. The van der Waals surface area contributed by atoms with E-state index in [2.05, 4.69) is 20.7 Å². The van der Waals surface area contributed by atoms with Crippen molar-refractivity contribution in [1.82, 2.24) is 15.0 Å². The minimum absolute atomic E-state index is 0.382. The molecule has 0 aliphatic carbocycles. The topological polar surface area (TPSA) is 110 Å². The van der Waals surface area contributed by atoms with E-state index in [1.165, 1.54) is 0 Å². The van der Waals surface area contributed by atoms with E-state index in [1.54, 1.807) is 12.4 Å². The normalized spacial score (nSPS) is 19.0. The quantitative estimate of drug-likeness (QED) is 0.619. The average Bonchev–Trinajstić information content (AvgIpc) is 2.99. The number of aromatic nitrogens is 2. The second-order valence-electron chi connectivity index (χ2n) is 5.28. The lowest BCUT2D eigenvalue weighted by Crippen LogP contribution is -2.42. The zero-order valence-corrected chi connectivity index (χ0v) is 11.9. The Labute approximate surface area is 126 Å². The van der Waals surface area contributed by atoms with E-state index in [9.17, 15) is 14.7 Å². The van der Waals surface area contributed by atoms with E-state index in [0.717, 1.165) is 18.4 Å². The summed E-state index contributed by atoms with van der Waals surface area (Å²) in [6.45, 7) is 1.17. The highest BCUT2D eigenvalue weighted by molar-refractivity contribution is 5.98. The maximum absolute atomic E-state index is 11.2. The molecule has 3 heterocycles. The molecule has 116 valence electrons. The highest BCUT2D eigenvalue weighted by atomic mass is 16.4. The molecule has 1 saturated heterocycles. The SMILES string of the molecule is O=CNc1cnc2[nH]ccc2c1NN1CCC[C@H](C(=O)O)C1. The number of H-pyrrole nitrogens is 1. The number of carbonyl (C=O) groups excluding carboxylic acids is 1. The molecule has 4 N–H and O–H groups in total. The van der Waals surface area contributed by atoms with E-state index in [-0.39, 0.29) is 5.92 Å². The lowest BCUT2D eigenvalue weighted by Gasteiger charge is -2.32. The number of aliphatic carboxylic acids is 1. The molecule has 0 spiro atoms. The van der Waals surface area contributed by atoms with Crippen LogP contribution in [0.3, 0.4) is 0 Å². The molecule has 0 unspecified atom stereocenters. The predicted octanol–water partition coefficient (Wildman–Crippen LogP) is 1.25. The fourth-order valence-electron chi connectivity index (χ4n) is 2.74. The van der Waals surface area contributed by atoms with Crippen molar-refractivity contribution in [3.8, 4) is 0 Å². The third-order valence-corrected chi connectivity index (χ3v) is 3.84. The highest BCUT2D eigenvalue weighted by Gasteiger charge is 2.26. The Morgan fingerprint density at radius 3 is 3.18 bits per heavy atom. The summed E-state index contributed by atoms with van der Waals surface area (Å²) in [6.07, 6.45) is 5.42. The van der Waals surface area contributed by atoms with Crippen LogP contribution in [0.4, 0.5) is 11.4 Å². The molecular formula is C14H17N5O3. The van der Waals surface area contributed by atoms with Crippen molar-refractivity contribution < 1.29 is 14.7 Å². The third-order valence-electron chi connectivity index (χ3n) is 3.84. The molecule has 1 aliphatic rings. The number of carbonyl (C=O) groups is 2. The van der Waals surface area contributed by atoms with E-state index in [0.29, 0.717) is 36.4 Å². The number of fused-ring (bicyclic) bond motifs is 1. The zero-order valence-electron chi connectivity index (χ0n) is 11.9. The Kier molecular flexibility index (Phi) is 3.92. The van der Waals surface area contributed by atoms with Gasteiger partial charge in [0.1, 0.15) is 5.65 Å². The first-order valence-electron chi connectivity index (χ1n) is 7.09. The summed E-state index contributed by atoms with van der Waals surface area (Å²) in [7, 11) is 0. The van der Waals surface area contributed by atoms with Gasteiger partial charge < -0.3 is 20.8 Å². The van der Waals surface area contributed by atoms with Crippen molar-refractivity contribution in [3.63, 3.8) is 0 Å². The molecule has 0 radical (unpaired) electrons. The fraction of sp³-hybridized carbons (Fsp3) is 0.357. The van der Waals surface area contributed by atoms with Gasteiger partial charge in [-0.1, -0.05) is 0 Å². The molecule has 3 rings (SSSR count). The maximum Gasteiger partial charge on any atom is 0.307 e. The average molecular weight is 303 g/mol. The van der Waals surface area contributed by atoms with Crippen LogP contribution in [-0.2, 0) is 9.59 Å². The number of hydrogen-bond donors (Lipinski definition) is 4. The van der Waals surface area contributed by atoms with Crippen LogP contribution in [0.1, 0.15) is 12.8 Å². The number of pyridine rings is 1. The molecule has 1 atom stereocenters. The van der Waals surface area contributed by atoms with Gasteiger partial charge in [0.2, 0.25) is 6.41 Å². The molecule has 22 heavy (non-hydrogen) atoms. The molecule has 2 aromatic rings. The zero-order chi connectivity index (χ0) is 15.5. The Balaban J connectivity index is 1.88. The number of anilines is 2. The van der Waals surface area contributed by atoms with Gasteiger partial charge in [-0.15, -0.1) is 0 Å². The molecule has 0 saturated carbocycles. The van der Waals surface area contributed by atoms with Gasteiger partial charge in [-0.2, -0.15) is 0 Å². The van der Waals surface area contributed by atoms with E-state index < -0.39 is 5.97 Å². The summed E-state index contributed by atoms with van der Waals surface area (Å²) >= 11 is 0. The number of piperidine rings is 1. The minimum atomic E-state index is -0.778. The number of hydrazine groups is 1. The van der Waals surface area contributed by atoms with E-state index >= 15 is 0 Å². The van der Waals surface area contributed by atoms with Crippen LogP contribution in [0.25, 0.3) is 11.0 Å². The first kappa shape index (κ1) is 14.3. The highest BCUT2D eigenvalue weighted by Crippen LogP contribution is 2.30. The first-order chi connectivity index (χ1) is 10.7. The summed E-state index contributed by atoms with van der Waals surface area (Å²) in [5.41, 5.74) is 5.20. The van der Waals surface area contributed by atoms with Gasteiger partial charge in [-0.05, 0) is 18.9 Å². The molecular weight excluding hydrogens is 286 g/mol. The molecule has 0 aromatic carbocycles. The predicted molar refractivity (Wildman–Crippen MR) is 81.3 cm³/mol. The Morgan fingerprint density at radius 1 is 1.55 bits per heavy atom. The smallest absolute Gasteiger partial charge is 0.307 e. The molecule has 1 aliphatic heterocycles. The van der Waals surface area contributed by atoms with Crippen molar-refractivity contribution in [2.75, 3.05) is 23.8 Å². The fourth-order valence-corrected chi connectivity index (χ4v) is 2.74. The number of nitrogens with one attached hydrogen (secondary N) is 3. The van der Waals surface area contributed by atoms with Crippen LogP contribution in [0.15, 0.2) is 18.5 Å². The number of aromatic amines is 1. The Morgan fingerprint density at radius 2 is 2.41 bits per heavy atom. The van der Waals surface area contributed by atoms with Crippen LogP contribution < -0.4 is 10.7 Å².